The zero-order valence-electron chi connectivity index (χ0n) is 18.0. The molecule has 4 heterocycles. The van der Waals surface area contributed by atoms with E-state index < -0.39 is 0 Å². The maximum Gasteiger partial charge on any atom is 0.267 e. The molecule has 0 unspecified atom stereocenters. The van der Waals surface area contributed by atoms with Crippen LogP contribution in [0.5, 0.6) is 0 Å². The lowest BCUT2D eigenvalue weighted by molar-refractivity contribution is -0.122. The minimum Gasteiger partial charge on any atom is -0.467 e. The predicted octanol–water partition coefficient (Wildman–Crippen LogP) is 4.34. The number of furan rings is 1. The molecule has 1 aromatic carbocycles. The summed E-state index contributed by atoms with van der Waals surface area (Å²) in [5.41, 5.74) is 1.64. The van der Waals surface area contributed by atoms with Gasteiger partial charge in [-0.05, 0) is 42.3 Å². The molecule has 7 nitrogen and oxygen atoms in total. The fraction of sp³-hybridized carbons (Fsp3) is 0.120. The number of pyridine rings is 1. The molecule has 3 aromatic heterocycles. The van der Waals surface area contributed by atoms with Gasteiger partial charge in [-0.2, -0.15) is 0 Å². The number of anilines is 1. The van der Waals surface area contributed by atoms with Crippen LogP contribution in [0.15, 0.2) is 87.2 Å². The molecule has 1 aliphatic rings. The van der Waals surface area contributed by atoms with Crippen molar-refractivity contribution in [1.82, 2.24) is 14.3 Å². The van der Waals surface area contributed by atoms with Crippen LogP contribution in [0.3, 0.4) is 0 Å². The normalized spacial score (nSPS) is 14.9. The fourth-order valence-electron chi connectivity index (χ4n) is 3.66. The Morgan fingerprint density at radius 1 is 1.06 bits per heavy atom. The summed E-state index contributed by atoms with van der Waals surface area (Å²) in [5, 5.41) is 3.18. The SMILES string of the molecule is O=C1/C(=C/c2c(NCc3ccco3)nc3ccccn3c2=O)SC(=S)N1CCc1ccccc1. The van der Waals surface area contributed by atoms with Crippen molar-refractivity contribution in [3.63, 3.8) is 0 Å². The van der Waals surface area contributed by atoms with E-state index in [2.05, 4.69) is 10.3 Å². The van der Waals surface area contributed by atoms with Crippen molar-refractivity contribution in [2.75, 3.05) is 11.9 Å². The number of carbonyl (C=O) groups is 1. The number of rotatable bonds is 7. The number of hydrogen-bond donors (Lipinski definition) is 1. The number of aromatic nitrogens is 2. The molecule has 4 aromatic rings. The molecular weight excluding hydrogens is 468 g/mol. The minimum atomic E-state index is -0.276. The fourth-order valence-corrected chi connectivity index (χ4v) is 4.95. The number of nitrogens with zero attached hydrogens (tertiary/aromatic N) is 3. The number of fused-ring (bicyclic) bond motifs is 1. The summed E-state index contributed by atoms with van der Waals surface area (Å²) in [6.45, 7) is 0.825. The van der Waals surface area contributed by atoms with E-state index in [0.29, 0.717) is 51.5 Å². The van der Waals surface area contributed by atoms with Crippen LogP contribution in [0.1, 0.15) is 16.9 Å². The lowest BCUT2D eigenvalue weighted by atomic mass is 10.1. The first-order valence-electron chi connectivity index (χ1n) is 10.7. The smallest absolute Gasteiger partial charge is 0.267 e. The molecular formula is C25H20N4O3S2. The Kier molecular flexibility index (Phi) is 6.29. The first-order chi connectivity index (χ1) is 16.6. The molecule has 34 heavy (non-hydrogen) atoms. The predicted molar refractivity (Wildman–Crippen MR) is 138 cm³/mol. The van der Waals surface area contributed by atoms with Gasteiger partial charge in [-0.15, -0.1) is 0 Å². The average molecular weight is 489 g/mol. The number of benzene rings is 1. The van der Waals surface area contributed by atoms with Crippen LogP contribution in [0, 0.1) is 0 Å². The largest absolute Gasteiger partial charge is 0.467 e. The molecule has 1 amide bonds. The number of nitrogens with one attached hydrogen (secondary N) is 1. The third-order valence-electron chi connectivity index (χ3n) is 5.40. The van der Waals surface area contributed by atoms with Gasteiger partial charge in [-0.25, -0.2) is 4.98 Å². The number of thioether (sulfide) groups is 1. The van der Waals surface area contributed by atoms with Crippen LogP contribution in [-0.2, 0) is 17.8 Å². The first kappa shape index (κ1) is 22.1. The summed E-state index contributed by atoms with van der Waals surface area (Å²) >= 11 is 6.67. The Hall–Kier alpha value is -3.69. The second kappa shape index (κ2) is 9.66. The van der Waals surface area contributed by atoms with E-state index in [0.717, 1.165) is 5.56 Å². The molecule has 1 N–H and O–H groups in total. The molecule has 9 heteroatoms. The number of carbonyl (C=O) groups excluding carboxylic acids is 1. The molecule has 1 saturated heterocycles. The van der Waals surface area contributed by atoms with Crippen molar-refractivity contribution < 1.29 is 9.21 Å². The molecule has 0 radical (unpaired) electrons. The van der Waals surface area contributed by atoms with Gasteiger partial charge < -0.3 is 9.73 Å². The molecule has 5 rings (SSSR count). The molecule has 170 valence electrons. The Bertz CT molecular complexity index is 1450. The molecule has 0 aliphatic carbocycles. The summed E-state index contributed by atoms with van der Waals surface area (Å²) in [4.78, 5) is 33.1. The van der Waals surface area contributed by atoms with Crippen LogP contribution >= 0.6 is 24.0 Å². The molecule has 0 saturated carbocycles. The van der Waals surface area contributed by atoms with Gasteiger partial charge in [0.25, 0.3) is 11.5 Å². The minimum absolute atomic E-state index is 0.208. The van der Waals surface area contributed by atoms with E-state index in [1.165, 1.54) is 16.2 Å². The molecule has 1 aliphatic heterocycles. The quantitative estimate of drug-likeness (QED) is 0.306. The van der Waals surface area contributed by atoms with Crippen LogP contribution in [0.2, 0.25) is 0 Å². The van der Waals surface area contributed by atoms with Crippen LogP contribution in [-0.4, -0.2) is 31.1 Å². The van der Waals surface area contributed by atoms with E-state index in [-0.39, 0.29) is 11.5 Å². The van der Waals surface area contributed by atoms with Crippen molar-refractivity contribution in [1.29, 1.82) is 0 Å². The Labute approximate surface area is 205 Å². The summed E-state index contributed by atoms with van der Waals surface area (Å²) in [6, 6.07) is 18.9. The zero-order valence-corrected chi connectivity index (χ0v) is 19.6. The monoisotopic (exact) mass is 488 g/mol. The summed E-state index contributed by atoms with van der Waals surface area (Å²) in [5.74, 6) is 0.871. The maximum atomic E-state index is 13.3. The topological polar surface area (TPSA) is 79.9 Å². The highest BCUT2D eigenvalue weighted by Crippen LogP contribution is 2.33. The highest BCUT2D eigenvalue weighted by molar-refractivity contribution is 8.26. The summed E-state index contributed by atoms with van der Waals surface area (Å²) in [6.07, 6.45) is 5.52. The van der Waals surface area contributed by atoms with Crippen molar-refractivity contribution in [2.24, 2.45) is 0 Å². The van der Waals surface area contributed by atoms with Crippen LogP contribution in [0.4, 0.5) is 5.82 Å². The highest BCUT2D eigenvalue weighted by Gasteiger charge is 2.32. The van der Waals surface area contributed by atoms with Gasteiger partial charge in [-0.3, -0.25) is 18.9 Å². The second-order valence-corrected chi connectivity index (χ2v) is 9.29. The van der Waals surface area contributed by atoms with E-state index in [9.17, 15) is 9.59 Å². The van der Waals surface area contributed by atoms with Crippen molar-refractivity contribution in [3.05, 3.63) is 105 Å². The van der Waals surface area contributed by atoms with Crippen molar-refractivity contribution in [2.45, 2.75) is 13.0 Å². The van der Waals surface area contributed by atoms with Gasteiger partial charge in [0.2, 0.25) is 0 Å². The van der Waals surface area contributed by atoms with Gasteiger partial charge in [0.05, 0.1) is 23.3 Å². The molecule has 0 atom stereocenters. The van der Waals surface area contributed by atoms with Gasteiger partial charge in [0, 0.05) is 12.7 Å². The maximum absolute atomic E-state index is 13.3. The van der Waals surface area contributed by atoms with Gasteiger partial charge in [0.15, 0.2) is 0 Å². The van der Waals surface area contributed by atoms with Crippen LogP contribution < -0.4 is 10.9 Å². The highest BCUT2D eigenvalue weighted by atomic mass is 32.2. The van der Waals surface area contributed by atoms with E-state index >= 15 is 0 Å². The van der Waals surface area contributed by atoms with E-state index in [1.54, 1.807) is 41.6 Å². The Balaban J connectivity index is 1.46. The average Bonchev–Trinajstić information content (AvgIpc) is 3.47. The molecule has 0 bridgehead atoms. The zero-order chi connectivity index (χ0) is 23.5. The third kappa shape index (κ3) is 4.52. The number of thiocarbonyl (C=S) groups is 1. The standard InChI is InChI=1S/C25H20N4O3S2/c30-23-19(15-20-24(31)29(25(33)34-20)13-11-17-7-2-1-3-8-17)22(26-16-18-9-6-14-32-18)27-21-10-4-5-12-28(21)23/h1-10,12,14-15,26H,11,13,16H2/b20-15-. The third-order valence-corrected chi connectivity index (χ3v) is 6.77. The van der Waals surface area contributed by atoms with Gasteiger partial charge in [-0.1, -0.05) is 60.4 Å². The first-order valence-corrected chi connectivity index (χ1v) is 11.9. The molecule has 1 fully saturated rings. The van der Waals surface area contributed by atoms with Gasteiger partial charge in [0.1, 0.15) is 21.5 Å². The molecule has 0 spiro atoms. The Morgan fingerprint density at radius 3 is 2.68 bits per heavy atom. The lowest BCUT2D eigenvalue weighted by Crippen LogP contribution is -2.30. The lowest BCUT2D eigenvalue weighted by Gasteiger charge is -2.14. The summed E-state index contributed by atoms with van der Waals surface area (Å²) in [7, 11) is 0. The Morgan fingerprint density at radius 2 is 1.88 bits per heavy atom. The van der Waals surface area contributed by atoms with E-state index in [4.69, 9.17) is 16.6 Å². The second-order valence-electron chi connectivity index (χ2n) is 7.61. The van der Waals surface area contributed by atoms with Crippen molar-refractivity contribution >= 4 is 51.7 Å². The van der Waals surface area contributed by atoms with Gasteiger partial charge >= 0.3 is 0 Å². The number of amides is 1. The van der Waals surface area contributed by atoms with Crippen LogP contribution in [0.25, 0.3) is 11.7 Å². The van der Waals surface area contributed by atoms with E-state index in [1.807, 2.05) is 42.5 Å². The number of hydrogen-bond acceptors (Lipinski definition) is 7. The van der Waals surface area contributed by atoms with Crippen molar-refractivity contribution in [3.8, 4) is 0 Å². The summed E-state index contributed by atoms with van der Waals surface area (Å²) < 4.78 is 7.32.